The summed E-state index contributed by atoms with van der Waals surface area (Å²) in [6.45, 7) is 5.99. The van der Waals surface area contributed by atoms with E-state index >= 15 is 0 Å². The first-order valence-corrected chi connectivity index (χ1v) is 7.83. The van der Waals surface area contributed by atoms with Crippen LogP contribution in [0.15, 0.2) is 4.52 Å². The Bertz CT molecular complexity index is 425. The fourth-order valence-electron chi connectivity index (χ4n) is 3.37. The Kier molecular flexibility index (Phi) is 8.64. The van der Waals surface area contributed by atoms with Crippen LogP contribution in [0.2, 0.25) is 0 Å². The number of halogens is 2. The molecule has 2 aliphatic rings. The van der Waals surface area contributed by atoms with E-state index in [9.17, 15) is 0 Å². The van der Waals surface area contributed by atoms with Crippen molar-refractivity contribution in [3.63, 3.8) is 0 Å². The predicted octanol–water partition coefficient (Wildman–Crippen LogP) is 1.82. The third kappa shape index (κ3) is 5.06. The van der Waals surface area contributed by atoms with Crippen molar-refractivity contribution in [3.8, 4) is 0 Å². The zero-order valence-electron chi connectivity index (χ0n) is 12.9. The fourth-order valence-corrected chi connectivity index (χ4v) is 3.37. The first-order valence-electron chi connectivity index (χ1n) is 7.83. The van der Waals surface area contributed by atoms with Crippen molar-refractivity contribution in [3.05, 3.63) is 11.7 Å². The van der Waals surface area contributed by atoms with Crippen molar-refractivity contribution in [2.45, 2.75) is 51.2 Å². The SMILES string of the molecule is Cl.Cl.NCc1nc(CN2CCCC2CN2CCCCC2)no1. The van der Waals surface area contributed by atoms with Crippen LogP contribution in [-0.4, -0.2) is 52.2 Å². The molecule has 8 heteroatoms. The van der Waals surface area contributed by atoms with Gasteiger partial charge in [0.15, 0.2) is 5.82 Å². The quantitative estimate of drug-likeness (QED) is 0.872. The van der Waals surface area contributed by atoms with Crippen LogP contribution in [0.5, 0.6) is 0 Å². The third-order valence-electron chi connectivity index (χ3n) is 4.45. The summed E-state index contributed by atoms with van der Waals surface area (Å²) in [5, 5.41) is 4.01. The smallest absolute Gasteiger partial charge is 0.240 e. The fraction of sp³-hybridized carbons (Fsp3) is 0.857. The van der Waals surface area contributed by atoms with Crippen molar-refractivity contribution >= 4 is 24.8 Å². The first-order chi connectivity index (χ1) is 9.85. The van der Waals surface area contributed by atoms with Gasteiger partial charge in [-0.3, -0.25) is 4.90 Å². The van der Waals surface area contributed by atoms with Gasteiger partial charge in [-0.15, -0.1) is 24.8 Å². The van der Waals surface area contributed by atoms with Crippen molar-refractivity contribution in [1.82, 2.24) is 19.9 Å². The molecule has 0 spiro atoms. The predicted molar refractivity (Wildman–Crippen MR) is 90.4 cm³/mol. The Morgan fingerprint density at radius 3 is 2.55 bits per heavy atom. The molecule has 22 heavy (non-hydrogen) atoms. The zero-order chi connectivity index (χ0) is 13.8. The Balaban J connectivity index is 0.00000121. The van der Waals surface area contributed by atoms with E-state index in [1.165, 1.54) is 51.7 Å². The van der Waals surface area contributed by atoms with Gasteiger partial charge in [-0.2, -0.15) is 4.98 Å². The molecule has 1 atom stereocenters. The number of aromatic nitrogens is 2. The maximum Gasteiger partial charge on any atom is 0.240 e. The number of nitrogens with two attached hydrogens (primary N) is 1. The van der Waals surface area contributed by atoms with Gasteiger partial charge in [-0.1, -0.05) is 11.6 Å². The summed E-state index contributed by atoms with van der Waals surface area (Å²) in [7, 11) is 0. The maximum absolute atomic E-state index is 5.51. The number of rotatable bonds is 5. The van der Waals surface area contributed by atoms with E-state index in [1.54, 1.807) is 0 Å². The van der Waals surface area contributed by atoms with Crippen LogP contribution >= 0.6 is 24.8 Å². The second-order valence-corrected chi connectivity index (χ2v) is 5.94. The van der Waals surface area contributed by atoms with Crippen LogP contribution in [0.25, 0.3) is 0 Å². The first kappa shape index (κ1) is 19.6. The van der Waals surface area contributed by atoms with E-state index in [1.807, 2.05) is 0 Å². The van der Waals surface area contributed by atoms with Gasteiger partial charge in [-0.25, -0.2) is 0 Å². The summed E-state index contributed by atoms with van der Waals surface area (Å²) >= 11 is 0. The molecular weight excluding hydrogens is 325 g/mol. The molecule has 2 fully saturated rings. The third-order valence-corrected chi connectivity index (χ3v) is 4.45. The number of nitrogens with zero attached hydrogens (tertiary/aromatic N) is 4. The van der Waals surface area contributed by atoms with Crippen molar-refractivity contribution < 1.29 is 4.52 Å². The Morgan fingerprint density at radius 1 is 1.09 bits per heavy atom. The molecule has 1 aromatic rings. The lowest BCUT2D eigenvalue weighted by atomic mass is 10.1. The zero-order valence-corrected chi connectivity index (χ0v) is 14.6. The molecule has 0 saturated carbocycles. The number of hydrogen-bond acceptors (Lipinski definition) is 6. The summed E-state index contributed by atoms with van der Waals surface area (Å²) in [6.07, 6.45) is 6.68. The minimum Gasteiger partial charge on any atom is -0.338 e. The van der Waals surface area contributed by atoms with Gasteiger partial charge < -0.3 is 15.2 Å². The highest BCUT2D eigenvalue weighted by Gasteiger charge is 2.28. The lowest BCUT2D eigenvalue weighted by Crippen LogP contribution is -2.42. The van der Waals surface area contributed by atoms with Crippen LogP contribution in [0.1, 0.15) is 43.8 Å². The van der Waals surface area contributed by atoms with Crippen LogP contribution in [0.4, 0.5) is 0 Å². The van der Waals surface area contributed by atoms with Crippen LogP contribution in [0.3, 0.4) is 0 Å². The summed E-state index contributed by atoms with van der Waals surface area (Å²) in [5.41, 5.74) is 5.51. The van der Waals surface area contributed by atoms with Crippen molar-refractivity contribution in [1.29, 1.82) is 0 Å². The molecule has 0 bridgehead atoms. The molecule has 1 aromatic heterocycles. The Hall–Kier alpha value is -0.400. The number of likely N-dealkylation sites (tertiary alicyclic amines) is 2. The minimum atomic E-state index is 0. The molecular formula is C14H27Cl2N5O. The van der Waals surface area contributed by atoms with Gasteiger partial charge in [0.1, 0.15) is 0 Å². The van der Waals surface area contributed by atoms with Gasteiger partial charge in [0.25, 0.3) is 0 Å². The topological polar surface area (TPSA) is 71.4 Å². The average Bonchev–Trinajstić information content (AvgIpc) is 3.10. The summed E-state index contributed by atoms with van der Waals surface area (Å²) in [4.78, 5) is 9.43. The van der Waals surface area contributed by atoms with E-state index in [-0.39, 0.29) is 24.8 Å². The van der Waals surface area contributed by atoms with Gasteiger partial charge in [0, 0.05) is 12.6 Å². The number of piperidine rings is 1. The van der Waals surface area contributed by atoms with Crippen molar-refractivity contribution in [2.75, 3.05) is 26.2 Å². The van der Waals surface area contributed by atoms with Crippen LogP contribution < -0.4 is 5.73 Å². The molecule has 3 rings (SSSR count). The average molecular weight is 352 g/mol. The molecule has 0 aromatic carbocycles. The van der Waals surface area contributed by atoms with Gasteiger partial charge in [0.05, 0.1) is 13.1 Å². The lowest BCUT2D eigenvalue weighted by molar-refractivity contribution is 0.146. The van der Waals surface area contributed by atoms with Gasteiger partial charge in [0.2, 0.25) is 5.89 Å². The second kappa shape index (κ2) is 9.67. The van der Waals surface area contributed by atoms with Gasteiger partial charge in [-0.05, 0) is 45.3 Å². The lowest BCUT2D eigenvalue weighted by Gasteiger charge is -2.32. The van der Waals surface area contributed by atoms with Crippen molar-refractivity contribution in [2.24, 2.45) is 5.73 Å². The molecule has 0 amide bonds. The number of hydrogen-bond donors (Lipinski definition) is 1. The molecule has 128 valence electrons. The van der Waals surface area contributed by atoms with E-state index < -0.39 is 0 Å². The molecule has 3 heterocycles. The normalized spacial score (nSPS) is 23.0. The molecule has 2 saturated heterocycles. The Labute approximate surface area is 144 Å². The van der Waals surface area contributed by atoms with E-state index in [0.29, 0.717) is 18.5 Å². The summed E-state index contributed by atoms with van der Waals surface area (Å²) < 4.78 is 5.09. The van der Waals surface area contributed by atoms with Crippen LogP contribution in [0, 0.1) is 0 Å². The molecule has 6 nitrogen and oxygen atoms in total. The summed E-state index contributed by atoms with van der Waals surface area (Å²) in [6, 6.07) is 0.646. The molecule has 2 N–H and O–H groups in total. The molecule has 0 aliphatic carbocycles. The Morgan fingerprint density at radius 2 is 1.86 bits per heavy atom. The standard InChI is InChI=1S/C14H25N5O.2ClH/c15-9-14-16-13(17-20-14)11-19-8-4-5-12(19)10-18-6-2-1-3-7-18;;/h12H,1-11,15H2;2*1H. The van der Waals surface area contributed by atoms with E-state index in [0.717, 1.165) is 18.9 Å². The van der Waals surface area contributed by atoms with E-state index in [4.69, 9.17) is 10.3 Å². The molecule has 1 unspecified atom stereocenters. The second-order valence-electron chi connectivity index (χ2n) is 5.94. The highest BCUT2D eigenvalue weighted by molar-refractivity contribution is 5.85. The molecule has 2 aliphatic heterocycles. The largest absolute Gasteiger partial charge is 0.338 e. The molecule has 0 radical (unpaired) electrons. The highest BCUT2D eigenvalue weighted by Crippen LogP contribution is 2.21. The van der Waals surface area contributed by atoms with Crippen LogP contribution in [-0.2, 0) is 13.1 Å². The van der Waals surface area contributed by atoms with E-state index in [2.05, 4.69) is 19.9 Å². The highest BCUT2D eigenvalue weighted by atomic mass is 35.5. The summed E-state index contributed by atoms with van der Waals surface area (Å²) in [5.74, 6) is 1.31. The minimum absolute atomic E-state index is 0. The monoisotopic (exact) mass is 351 g/mol. The maximum atomic E-state index is 5.51. The van der Waals surface area contributed by atoms with Gasteiger partial charge >= 0.3 is 0 Å².